The van der Waals surface area contributed by atoms with Gasteiger partial charge in [0.25, 0.3) is 10.0 Å². The molecule has 0 saturated heterocycles. The van der Waals surface area contributed by atoms with Crippen LogP contribution < -0.4 is 4.31 Å². The summed E-state index contributed by atoms with van der Waals surface area (Å²) in [4.78, 5) is 11.0. The van der Waals surface area contributed by atoms with Crippen LogP contribution in [-0.4, -0.2) is 26.5 Å². The van der Waals surface area contributed by atoms with Crippen molar-refractivity contribution in [3.05, 3.63) is 59.2 Å². The van der Waals surface area contributed by atoms with Crippen molar-refractivity contribution in [1.29, 1.82) is 0 Å². The number of carbonyl (C=O) groups is 1. The van der Waals surface area contributed by atoms with Gasteiger partial charge in [-0.15, -0.1) is 0 Å². The molecule has 0 saturated carbocycles. The van der Waals surface area contributed by atoms with Gasteiger partial charge >= 0.3 is 5.97 Å². The zero-order valence-corrected chi connectivity index (χ0v) is 13.4. The fourth-order valence-corrected chi connectivity index (χ4v) is 3.44. The Kier molecular flexibility index (Phi) is 4.23. The van der Waals surface area contributed by atoms with Crippen molar-refractivity contribution in [2.75, 3.05) is 11.4 Å². The molecule has 0 aliphatic heterocycles. The lowest BCUT2D eigenvalue weighted by molar-refractivity contribution is 0.0696. The summed E-state index contributed by atoms with van der Waals surface area (Å²) >= 11 is 0. The Bertz CT molecular complexity index is 808. The highest BCUT2D eigenvalue weighted by Crippen LogP contribution is 2.24. The summed E-state index contributed by atoms with van der Waals surface area (Å²) in [6.07, 6.45) is 0. The number of hydrogen-bond acceptors (Lipinski definition) is 3. The highest BCUT2D eigenvalue weighted by molar-refractivity contribution is 7.92. The zero-order valence-electron chi connectivity index (χ0n) is 12.6. The van der Waals surface area contributed by atoms with Crippen LogP contribution in [0.5, 0.6) is 0 Å². The van der Waals surface area contributed by atoms with Crippen molar-refractivity contribution in [2.45, 2.75) is 18.7 Å². The molecule has 0 heterocycles. The monoisotopic (exact) mass is 319 g/mol. The van der Waals surface area contributed by atoms with Crippen LogP contribution in [0.15, 0.2) is 47.4 Å². The van der Waals surface area contributed by atoms with E-state index in [0.717, 1.165) is 21.5 Å². The van der Waals surface area contributed by atoms with Crippen molar-refractivity contribution >= 4 is 21.7 Å². The standard InChI is InChI=1S/C16H17NO4S/c1-11-7-12(2)9-14(8-11)17(3)22(20,21)15-6-4-5-13(10-15)16(18)19/h4-10H,1-3H3,(H,18,19). The first-order chi connectivity index (χ1) is 10.2. The number of carboxylic acids is 1. The molecular weight excluding hydrogens is 302 g/mol. The number of sulfonamides is 1. The molecule has 0 aromatic heterocycles. The van der Waals surface area contributed by atoms with Gasteiger partial charge in [0.2, 0.25) is 0 Å². The first kappa shape index (κ1) is 16.0. The van der Waals surface area contributed by atoms with Gasteiger partial charge in [-0.25, -0.2) is 13.2 Å². The quantitative estimate of drug-likeness (QED) is 0.940. The smallest absolute Gasteiger partial charge is 0.335 e. The Morgan fingerprint density at radius 2 is 1.64 bits per heavy atom. The highest BCUT2D eigenvalue weighted by Gasteiger charge is 2.22. The Morgan fingerprint density at radius 1 is 1.05 bits per heavy atom. The molecule has 0 unspecified atom stereocenters. The van der Waals surface area contributed by atoms with Crippen LogP contribution in [0.25, 0.3) is 0 Å². The summed E-state index contributed by atoms with van der Waals surface area (Å²) in [6.45, 7) is 3.78. The summed E-state index contributed by atoms with van der Waals surface area (Å²) in [7, 11) is -2.36. The molecule has 5 nitrogen and oxygen atoms in total. The van der Waals surface area contributed by atoms with Gasteiger partial charge in [-0.2, -0.15) is 0 Å². The van der Waals surface area contributed by atoms with Crippen LogP contribution in [0.3, 0.4) is 0 Å². The maximum Gasteiger partial charge on any atom is 0.335 e. The number of benzene rings is 2. The van der Waals surface area contributed by atoms with E-state index in [4.69, 9.17) is 5.11 Å². The van der Waals surface area contributed by atoms with Crippen LogP contribution in [0.2, 0.25) is 0 Å². The molecule has 0 bridgehead atoms. The molecular formula is C16H17NO4S. The van der Waals surface area contributed by atoms with Crippen LogP contribution in [0.4, 0.5) is 5.69 Å². The highest BCUT2D eigenvalue weighted by atomic mass is 32.2. The normalized spacial score (nSPS) is 11.2. The second kappa shape index (κ2) is 5.81. The molecule has 0 aliphatic carbocycles. The van der Waals surface area contributed by atoms with Crippen LogP contribution in [0, 0.1) is 13.8 Å². The fraction of sp³-hybridized carbons (Fsp3) is 0.188. The van der Waals surface area contributed by atoms with Crippen LogP contribution in [0.1, 0.15) is 21.5 Å². The molecule has 0 aliphatic rings. The number of anilines is 1. The third-order valence-electron chi connectivity index (χ3n) is 3.31. The fourth-order valence-electron chi connectivity index (χ4n) is 2.22. The third-order valence-corrected chi connectivity index (χ3v) is 5.09. The summed E-state index contributed by atoms with van der Waals surface area (Å²) in [5.74, 6) is -1.16. The molecule has 2 rings (SSSR count). The largest absolute Gasteiger partial charge is 0.478 e. The average molecular weight is 319 g/mol. The van der Waals surface area contributed by atoms with Crippen molar-refractivity contribution in [1.82, 2.24) is 0 Å². The SMILES string of the molecule is Cc1cc(C)cc(N(C)S(=O)(=O)c2cccc(C(=O)O)c2)c1. The molecule has 2 aromatic carbocycles. The second-order valence-electron chi connectivity index (χ2n) is 5.15. The van der Waals surface area contributed by atoms with E-state index in [-0.39, 0.29) is 10.5 Å². The first-order valence-corrected chi connectivity index (χ1v) is 8.06. The van der Waals surface area contributed by atoms with Crippen molar-refractivity contribution < 1.29 is 18.3 Å². The maximum atomic E-state index is 12.7. The Morgan fingerprint density at radius 3 is 2.18 bits per heavy atom. The van der Waals surface area contributed by atoms with Gasteiger partial charge in [-0.3, -0.25) is 4.31 Å². The molecule has 0 atom stereocenters. The number of aryl methyl sites for hydroxylation is 2. The van der Waals surface area contributed by atoms with E-state index in [1.807, 2.05) is 19.9 Å². The lowest BCUT2D eigenvalue weighted by atomic mass is 10.1. The van der Waals surface area contributed by atoms with E-state index in [1.54, 1.807) is 12.1 Å². The number of rotatable bonds is 4. The first-order valence-electron chi connectivity index (χ1n) is 6.62. The van der Waals surface area contributed by atoms with Gasteiger partial charge in [0.1, 0.15) is 0 Å². The van der Waals surface area contributed by atoms with Gasteiger partial charge < -0.3 is 5.11 Å². The number of carboxylic acid groups (broad SMARTS) is 1. The average Bonchev–Trinajstić information content (AvgIpc) is 2.45. The number of aromatic carboxylic acids is 1. The lowest BCUT2D eigenvalue weighted by Gasteiger charge is -2.20. The van der Waals surface area contributed by atoms with Gasteiger partial charge in [-0.05, 0) is 55.3 Å². The summed E-state index contributed by atoms with van der Waals surface area (Å²) < 4.78 is 26.5. The number of hydrogen-bond donors (Lipinski definition) is 1. The van der Waals surface area contributed by atoms with Gasteiger partial charge in [0.05, 0.1) is 16.1 Å². The summed E-state index contributed by atoms with van der Waals surface area (Å²) in [5.41, 5.74) is 2.39. The molecule has 22 heavy (non-hydrogen) atoms. The van der Waals surface area contributed by atoms with Crippen molar-refractivity contribution in [3.63, 3.8) is 0 Å². The predicted molar refractivity (Wildman–Crippen MR) is 84.9 cm³/mol. The predicted octanol–water partition coefficient (Wildman–Crippen LogP) is 2.83. The topological polar surface area (TPSA) is 74.7 Å². The van der Waals surface area contributed by atoms with E-state index >= 15 is 0 Å². The molecule has 0 fully saturated rings. The van der Waals surface area contributed by atoms with Crippen LogP contribution in [-0.2, 0) is 10.0 Å². The van der Waals surface area contributed by atoms with Gasteiger partial charge in [0, 0.05) is 7.05 Å². The minimum absolute atomic E-state index is 0.0472. The van der Waals surface area contributed by atoms with E-state index in [0.29, 0.717) is 5.69 Å². The minimum Gasteiger partial charge on any atom is -0.478 e. The molecule has 0 radical (unpaired) electrons. The van der Waals surface area contributed by atoms with Gasteiger partial charge in [-0.1, -0.05) is 12.1 Å². The van der Waals surface area contributed by atoms with E-state index in [2.05, 4.69) is 0 Å². The zero-order chi connectivity index (χ0) is 16.5. The van der Waals surface area contributed by atoms with E-state index < -0.39 is 16.0 Å². The molecule has 6 heteroatoms. The Hall–Kier alpha value is -2.34. The van der Waals surface area contributed by atoms with E-state index in [1.165, 1.54) is 25.2 Å². The van der Waals surface area contributed by atoms with Crippen LogP contribution >= 0.6 is 0 Å². The maximum absolute atomic E-state index is 12.7. The summed E-state index contributed by atoms with van der Waals surface area (Å²) in [5, 5.41) is 8.99. The molecule has 2 aromatic rings. The van der Waals surface area contributed by atoms with Crippen molar-refractivity contribution in [2.24, 2.45) is 0 Å². The minimum atomic E-state index is -3.81. The van der Waals surface area contributed by atoms with Gasteiger partial charge in [0.15, 0.2) is 0 Å². The molecule has 116 valence electrons. The molecule has 0 amide bonds. The third kappa shape index (κ3) is 3.12. The Labute approximate surface area is 129 Å². The lowest BCUT2D eigenvalue weighted by Crippen LogP contribution is -2.26. The molecule has 1 N–H and O–H groups in total. The molecule has 0 spiro atoms. The Balaban J connectivity index is 2.49. The van der Waals surface area contributed by atoms with E-state index in [9.17, 15) is 13.2 Å². The van der Waals surface area contributed by atoms with Crippen molar-refractivity contribution in [3.8, 4) is 0 Å². The second-order valence-corrected chi connectivity index (χ2v) is 7.12. The summed E-state index contributed by atoms with van der Waals surface area (Å²) in [6, 6.07) is 10.8. The number of nitrogens with zero attached hydrogens (tertiary/aromatic N) is 1.